The zero-order chi connectivity index (χ0) is 16.2. The van der Waals surface area contributed by atoms with E-state index < -0.39 is 0 Å². The molecule has 1 heterocycles. The van der Waals surface area contributed by atoms with Crippen molar-refractivity contribution in [1.29, 1.82) is 0 Å². The summed E-state index contributed by atoms with van der Waals surface area (Å²) in [7, 11) is 1.59. The Bertz CT molecular complexity index is 699. The Labute approximate surface area is 136 Å². The minimum atomic E-state index is -0.0319. The fraction of sp³-hybridized carbons (Fsp3) is 0.316. The van der Waals surface area contributed by atoms with Crippen LogP contribution in [-0.2, 0) is 11.2 Å². The second-order valence-corrected chi connectivity index (χ2v) is 5.72. The van der Waals surface area contributed by atoms with Crippen LogP contribution in [0.25, 0.3) is 0 Å². The van der Waals surface area contributed by atoms with E-state index in [0.29, 0.717) is 11.5 Å². The molecule has 0 radical (unpaired) electrons. The van der Waals surface area contributed by atoms with Crippen molar-refractivity contribution in [2.45, 2.75) is 25.8 Å². The fourth-order valence-electron chi connectivity index (χ4n) is 3.02. The molecule has 0 N–H and O–H groups in total. The minimum absolute atomic E-state index is 0.000945. The van der Waals surface area contributed by atoms with Crippen molar-refractivity contribution in [3.8, 4) is 11.5 Å². The Balaban J connectivity index is 1.76. The lowest BCUT2D eigenvalue weighted by molar-refractivity contribution is -0.121. The molecule has 0 fully saturated rings. The van der Waals surface area contributed by atoms with Crippen LogP contribution in [0.1, 0.15) is 18.9 Å². The number of carbonyl (C=O) groups is 1. The van der Waals surface area contributed by atoms with Crippen LogP contribution in [0, 0.1) is 0 Å². The number of para-hydroxylation sites is 3. The van der Waals surface area contributed by atoms with Crippen LogP contribution in [0.2, 0.25) is 0 Å². The lowest BCUT2D eigenvalue weighted by Gasteiger charge is -2.35. The third-order valence-electron chi connectivity index (χ3n) is 4.21. The molecule has 2 aromatic carbocycles. The van der Waals surface area contributed by atoms with Gasteiger partial charge in [-0.3, -0.25) is 4.79 Å². The quantitative estimate of drug-likeness (QED) is 0.868. The first kappa shape index (κ1) is 15.4. The Kier molecular flexibility index (Phi) is 4.51. The van der Waals surface area contributed by atoms with Crippen molar-refractivity contribution in [3.05, 3.63) is 54.1 Å². The Hall–Kier alpha value is -2.49. The maximum Gasteiger partial charge on any atom is 0.265 e. The highest BCUT2D eigenvalue weighted by Crippen LogP contribution is 2.31. The minimum Gasteiger partial charge on any atom is -0.493 e. The monoisotopic (exact) mass is 311 g/mol. The van der Waals surface area contributed by atoms with Crippen molar-refractivity contribution in [2.75, 3.05) is 18.6 Å². The Morgan fingerprint density at radius 3 is 2.61 bits per heavy atom. The summed E-state index contributed by atoms with van der Waals surface area (Å²) in [5.41, 5.74) is 2.22. The number of ether oxygens (including phenoxy) is 2. The first-order chi connectivity index (χ1) is 11.2. The summed E-state index contributed by atoms with van der Waals surface area (Å²) in [6.45, 7) is 2.08. The summed E-state index contributed by atoms with van der Waals surface area (Å²) in [5.74, 6) is 1.18. The van der Waals surface area contributed by atoms with Crippen LogP contribution in [0.3, 0.4) is 0 Å². The molecule has 3 rings (SSSR count). The van der Waals surface area contributed by atoms with Gasteiger partial charge in [0.1, 0.15) is 0 Å². The average molecular weight is 311 g/mol. The number of anilines is 1. The third kappa shape index (κ3) is 3.16. The maximum absolute atomic E-state index is 12.7. The number of benzene rings is 2. The molecule has 0 saturated carbocycles. The molecule has 1 aliphatic rings. The summed E-state index contributed by atoms with van der Waals surface area (Å²) in [4.78, 5) is 14.6. The fourth-order valence-corrected chi connectivity index (χ4v) is 3.02. The molecule has 0 aliphatic carbocycles. The van der Waals surface area contributed by atoms with E-state index in [1.54, 1.807) is 13.2 Å². The van der Waals surface area contributed by atoms with Crippen LogP contribution >= 0.6 is 0 Å². The molecular weight excluding hydrogens is 290 g/mol. The van der Waals surface area contributed by atoms with Gasteiger partial charge in [-0.25, -0.2) is 0 Å². The highest BCUT2D eigenvalue weighted by atomic mass is 16.5. The number of hydrogen-bond donors (Lipinski definition) is 0. The molecule has 0 spiro atoms. The number of rotatable bonds is 4. The van der Waals surface area contributed by atoms with Gasteiger partial charge in [0.15, 0.2) is 18.1 Å². The summed E-state index contributed by atoms with van der Waals surface area (Å²) in [6, 6.07) is 15.6. The van der Waals surface area contributed by atoms with Crippen LogP contribution in [0.5, 0.6) is 11.5 Å². The normalized spacial score (nSPS) is 16.6. The number of hydrogen-bond acceptors (Lipinski definition) is 3. The number of nitrogens with zero attached hydrogens (tertiary/aromatic N) is 1. The summed E-state index contributed by atoms with van der Waals surface area (Å²) in [5, 5.41) is 0. The largest absolute Gasteiger partial charge is 0.493 e. The van der Waals surface area contributed by atoms with Crippen LogP contribution in [0.15, 0.2) is 48.5 Å². The lowest BCUT2D eigenvalue weighted by Crippen LogP contribution is -2.44. The molecule has 0 bridgehead atoms. The maximum atomic E-state index is 12.7. The molecule has 0 saturated heterocycles. The molecule has 2 aromatic rings. The van der Waals surface area contributed by atoms with Crippen LogP contribution in [0.4, 0.5) is 5.69 Å². The van der Waals surface area contributed by atoms with Gasteiger partial charge in [-0.15, -0.1) is 0 Å². The number of methoxy groups -OCH3 is 1. The highest BCUT2D eigenvalue weighted by Gasteiger charge is 2.28. The summed E-state index contributed by atoms with van der Waals surface area (Å²) >= 11 is 0. The number of amides is 1. The van der Waals surface area contributed by atoms with Gasteiger partial charge < -0.3 is 14.4 Å². The second-order valence-electron chi connectivity index (χ2n) is 5.72. The number of carbonyl (C=O) groups excluding carboxylic acids is 1. The molecule has 0 aromatic heterocycles. The van der Waals surface area contributed by atoms with Gasteiger partial charge in [0.25, 0.3) is 5.91 Å². The molecule has 1 unspecified atom stereocenters. The van der Waals surface area contributed by atoms with Gasteiger partial charge in [0, 0.05) is 11.7 Å². The molecule has 1 atom stereocenters. The smallest absolute Gasteiger partial charge is 0.265 e. The van der Waals surface area contributed by atoms with Crippen molar-refractivity contribution < 1.29 is 14.3 Å². The standard InChI is InChI=1S/C19H21NO3/c1-14-11-12-15-7-3-4-8-16(15)20(14)19(21)13-23-18-10-6-5-9-17(18)22-2/h3-10,14H,11-13H2,1-2H3. The molecule has 4 nitrogen and oxygen atoms in total. The van der Waals surface area contributed by atoms with E-state index in [9.17, 15) is 4.79 Å². The number of aryl methyl sites for hydroxylation is 1. The lowest BCUT2D eigenvalue weighted by atomic mass is 9.96. The van der Waals surface area contributed by atoms with Crippen LogP contribution < -0.4 is 14.4 Å². The molecule has 23 heavy (non-hydrogen) atoms. The third-order valence-corrected chi connectivity index (χ3v) is 4.21. The van der Waals surface area contributed by atoms with Gasteiger partial charge in [-0.05, 0) is 43.5 Å². The molecule has 120 valence electrons. The van der Waals surface area contributed by atoms with Gasteiger partial charge in [-0.1, -0.05) is 30.3 Å². The zero-order valence-electron chi connectivity index (χ0n) is 13.5. The molecule has 4 heteroatoms. The van der Waals surface area contributed by atoms with E-state index >= 15 is 0 Å². The first-order valence-corrected chi connectivity index (χ1v) is 7.86. The predicted molar refractivity (Wildman–Crippen MR) is 90.2 cm³/mol. The predicted octanol–water partition coefficient (Wildman–Crippen LogP) is 3.44. The van der Waals surface area contributed by atoms with Gasteiger partial charge in [0.05, 0.1) is 7.11 Å². The van der Waals surface area contributed by atoms with Crippen molar-refractivity contribution >= 4 is 11.6 Å². The average Bonchev–Trinajstić information content (AvgIpc) is 2.59. The van der Waals surface area contributed by atoms with Gasteiger partial charge in [0.2, 0.25) is 0 Å². The van der Waals surface area contributed by atoms with Crippen molar-refractivity contribution in [2.24, 2.45) is 0 Å². The summed E-state index contributed by atoms with van der Waals surface area (Å²) < 4.78 is 10.9. The van der Waals surface area contributed by atoms with E-state index in [-0.39, 0.29) is 18.6 Å². The second kappa shape index (κ2) is 6.73. The van der Waals surface area contributed by atoms with Crippen LogP contribution in [-0.4, -0.2) is 25.7 Å². The van der Waals surface area contributed by atoms with E-state index in [1.807, 2.05) is 41.3 Å². The SMILES string of the molecule is COc1ccccc1OCC(=O)N1c2ccccc2CCC1C. The van der Waals surface area contributed by atoms with Gasteiger partial charge >= 0.3 is 0 Å². The van der Waals surface area contributed by atoms with E-state index in [2.05, 4.69) is 13.0 Å². The molecule has 1 amide bonds. The molecule has 1 aliphatic heterocycles. The van der Waals surface area contributed by atoms with E-state index in [0.717, 1.165) is 18.5 Å². The Morgan fingerprint density at radius 1 is 1.13 bits per heavy atom. The van der Waals surface area contributed by atoms with E-state index in [1.165, 1.54) is 5.56 Å². The number of fused-ring (bicyclic) bond motifs is 1. The van der Waals surface area contributed by atoms with Crippen molar-refractivity contribution in [3.63, 3.8) is 0 Å². The summed E-state index contributed by atoms with van der Waals surface area (Å²) in [6.07, 6.45) is 1.98. The highest BCUT2D eigenvalue weighted by molar-refractivity contribution is 5.96. The Morgan fingerprint density at radius 2 is 1.83 bits per heavy atom. The molecular formula is C19H21NO3. The topological polar surface area (TPSA) is 38.8 Å². The van der Waals surface area contributed by atoms with Gasteiger partial charge in [-0.2, -0.15) is 0 Å². The zero-order valence-corrected chi connectivity index (χ0v) is 13.5. The van der Waals surface area contributed by atoms with E-state index in [4.69, 9.17) is 9.47 Å². The van der Waals surface area contributed by atoms with Crippen molar-refractivity contribution in [1.82, 2.24) is 0 Å². The first-order valence-electron chi connectivity index (χ1n) is 7.86.